The molecule has 1 aliphatic carbocycles. The molecular formula is C12H20F3NO3. The lowest BCUT2D eigenvalue weighted by Crippen LogP contribution is -2.47. The quantitative estimate of drug-likeness (QED) is 0.853. The standard InChI is InChI=1S/C12H20F3NO3/c1-16(8-10(17)12(13,14)15)9-2-4-11(5-3-9)18-6-7-19-11/h9-10,17H,2-8H2,1H3. The van der Waals surface area contributed by atoms with E-state index in [1.165, 1.54) is 0 Å². The fourth-order valence-electron chi connectivity index (χ4n) is 2.79. The molecule has 7 heteroatoms. The van der Waals surface area contributed by atoms with Gasteiger partial charge in [-0.05, 0) is 19.9 Å². The van der Waals surface area contributed by atoms with E-state index in [1.807, 2.05) is 0 Å². The molecule has 0 aromatic rings. The molecule has 19 heavy (non-hydrogen) atoms. The number of aliphatic hydroxyl groups excluding tert-OH is 1. The number of halogens is 3. The normalized spacial score (nSPS) is 26.2. The fraction of sp³-hybridized carbons (Fsp3) is 1.00. The number of ether oxygens (including phenoxy) is 2. The summed E-state index contributed by atoms with van der Waals surface area (Å²) in [5.41, 5.74) is 0. The van der Waals surface area contributed by atoms with Gasteiger partial charge in [-0.25, -0.2) is 0 Å². The van der Waals surface area contributed by atoms with Crippen molar-refractivity contribution >= 4 is 0 Å². The first-order valence-corrected chi connectivity index (χ1v) is 6.55. The summed E-state index contributed by atoms with van der Waals surface area (Å²) in [4.78, 5) is 1.58. The van der Waals surface area contributed by atoms with E-state index in [4.69, 9.17) is 14.6 Å². The van der Waals surface area contributed by atoms with Crippen LogP contribution >= 0.6 is 0 Å². The predicted molar refractivity (Wildman–Crippen MR) is 61.6 cm³/mol. The number of aliphatic hydroxyl groups is 1. The van der Waals surface area contributed by atoms with Crippen LogP contribution in [0.15, 0.2) is 0 Å². The third-order valence-corrected chi connectivity index (χ3v) is 3.99. The lowest BCUT2D eigenvalue weighted by Gasteiger charge is -2.39. The Hall–Kier alpha value is -0.370. The van der Waals surface area contributed by atoms with Crippen molar-refractivity contribution < 1.29 is 27.8 Å². The maximum Gasteiger partial charge on any atom is 0.415 e. The van der Waals surface area contributed by atoms with Gasteiger partial charge in [0, 0.05) is 25.4 Å². The monoisotopic (exact) mass is 283 g/mol. The van der Waals surface area contributed by atoms with E-state index < -0.39 is 18.1 Å². The first kappa shape index (κ1) is 15.0. The average molecular weight is 283 g/mol. The van der Waals surface area contributed by atoms with Crippen LogP contribution in [0.4, 0.5) is 13.2 Å². The minimum atomic E-state index is -4.55. The Labute approximate surface area is 110 Å². The summed E-state index contributed by atoms with van der Waals surface area (Å²) in [7, 11) is 1.62. The zero-order valence-electron chi connectivity index (χ0n) is 10.9. The number of nitrogens with zero attached hydrogens (tertiary/aromatic N) is 1. The minimum absolute atomic E-state index is 0.0374. The molecule has 112 valence electrons. The maximum absolute atomic E-state index is 12.3. The van der Waals surface area contributed by atoms with E-state index in [0.29, 0.717) is 26.1 Å². The second kappa shape index (κ2) is 5.55. The van der Waals surface area contributed by atoms with Crippen LogP contribution in [0.25, 0.3) is 0 Å². The van der Waals surface area contributed by atoms with Crippen molar-refractivity contribution in [1.29, 1.82) is 0 Å². The highest BCUT2D eigenvalue weighted by molar-refractivity contribution is 4.87. The van der Waals surface area contributed by atoms with Gasteiger partial charge in [0.2, 0.25) is 0 Å². The third-order valence-electron chi connectivity index (χ3n) is 3.99. The molecule has 0 aromatic carbocycles. The van der Waals surface area contributed by atoms with E-state index in [0.717, 1.165) is 12.8 Å². The highest BCUT2D eigenvalue weighted by Crippen LogP contribution is 2.37. The Morgan fingerprint density at radius 2 is 1.79 bits per heavy atom. The van der Waals surface area contributed by atoms with Gasteiger partial charge in [0.05, 0.1) is 13.2 Å². The molecule has 1 N–H and O–H groups in total. The van der Waals surface area contributed by atoms with Crippen molar-refractivity contribution in [2.24, 2.45) is 0 Å². The third kappa shape index (κ3) is 3.59. The second-order valence-electron chi connectivity index (χ2n) is 5.34. The van der Waals surface area contributed by atoms with Gasteiger partial charge < -0.3 is 19.5 Å². The van der Waals surface area contributed by atoms with Gasteiger partial charge in [-0.15, -0.1) is 0 Å². The van der Waals surface area contributed by atoms with Crippen molar-refractivity contribution in [1.82, 2.24) is 4.90 Å². The minimum Gasteiger partial charge on any atom is -0.382 e. The smallest absolute Gasteiger partial charge is 0.382 e. The maximum atomic E-state index is 12.3. The van der Waals surface area contributed by atoms with Crippen LogP contribution < -0.4 is 0 Å². The molecule has 2 rings (SSSR count). The number of likely N-dealkylation sites (N-methyl/N-ethyl adjacent to an activating group) is 1. The van der Waals surface area contributed by atoms with Crippen LogP contribution in [0.2, 0.25) is 0 Å². The summed E-state index contributed by atoms with van der Waals surface area (Å²) in [6, 6.07) is 0.0374. The zero-order chi connectivity index (χ0) is 14.1. The van der Waals surface area contributed by atoms with E-state index in [-0.39, 0.29) is 12.6 Å². The molecular weight excluding hydrogens is 263 g/mol. The van der Waals surface area contributed by atoms with Gasteiger partial charge in [-0.2, -0.15) is 13.2 Å². The summed E-state index contributed by atoms with van der Waals surface area (Å²) < 4.78 is 48.1. The topological polar surface area (TPSA) is 41.9 Å². The Morgan fingerprint density at radius 3 is 2.26 bits per heavy atom. The molecule has 1 unspecified atom stereocenters. The largest absolute Gasteiger partial charge is 0.415 e. The van der Waals surface area contributed by atoms with Gasteiger partial charge >= 0.3 is 6.18 Å². The van der Waals surface area contributed by atoms with Crippen molar-refractivity contribution in [3.05, 3.63) is 0 Å². The van der Waals surface area contributed by atoms with Gasteiger partial charge in [-0.1, -0.05) is 0 Å². The molecule has 0 amide bonds. The summed E-state index contributed by atoms with van der Waals surface area (Å²) in [5, 5.41) is 9.08. The van der Waals surface area contributed by atoms with Gasteiger partial charge in [0.25, 0.3) is 0 Å². The van der Waals surface area contributed by atoms with E-state index in [1.54, 1.807) is 11.9 Å². The molecule has 1 spiro atoms. The van der Waals surface area contributed by atoms with Crippen molar-refractivity contribution in [2.75, 3.05) is 26.8 Å². The summed E-state index contributed by atoms with van der Waals surface area (Å²) in [6.07, 6.45) is -3.99. The van der Waals surface area contributed by atoms with Crippen molar-refractivity contribution in [3.8, 4) is 0 Å². The van der Waals surface area contributed by atoms with Crippen molar-refractivity contribution in [3.63, 3.8) is 0 Å². The first-order chi connectivity index (χ1) is 8.82. The number of rotatable bonds is 3. The SMILES string of the molecule is CN(CC(O)C(F)(F)F)C1CCC2(CC1)OCCO2. The van der Waals surface area contributed by atoms with E-state index >= 15 is 0 Å². The lowest BCUT2D eigenvalue weighted by atomic mass is 9.89. The fourth-order valence-corrected chi connectivity index (χ4v) is 2.79. The van der Waals surface area contributed by atoms with Crippen LogP contribution in [0.3, 0.4) is 0 Å². The summed E-state index contributed by atoms with van der Waals surface area (Å²) in [6.45, 7) is 0.795. The predicted octanol–water partition coefficient (Wildman–Crippen LogP) is 1.53. The average Bonchev–Trinajstić information content (AvgIpc) is 2.77. The summed E-state index contributed by atoms with van der Waals surface area (Å²) >= 11 is 0. The van der Waals surface area contributed by atoms with Crippen LogP contribution in [-0.2, 0) is 9.47 Å². The molecule has 0 radical (unpaired) electrons. The molecule has 2 fully saturated rings. The highest BCUT2D eigenvalue weighted by Gasteiger charge is 2.43. The van der Waals surface area contributed by atoms with E-state index in [9.17, 15) is 13.2 Å². The Morgan fingerprint density at radius 1 is 1.26 bits per heavy atom. The van der Waals surface area contributed by atoms with Crippen molar-refractivity contribution in [2.45, 2.75) is 49.8 Å². The Kier molecular flexibility index (Phi) is 4.39. The number of hydrogen-bond acceptors (Lipinski definition) is 4. The molecule has 1 saturated carbocycles. The Bertz CT molecular complexity index is 295. The molecule has 1 saturated heterocycles. The molecule has 1 aliphatic heterocycles. The van der Waals surface area contributed by atoms with Crippen LogP contribution in [0.1, 0.15) is 25.7 Å². The molecule has 0 bridgehead atoms. The first-order valence-electron chi connectivity index (χ1n) is 6.55. The van der Waals surface area contributed by atoms with Crippen LogP contribution in [0, 0.1) is 0 Å². The summed E-state index contributed by atoms with van der Waals surface area (Å²) in [5.74, 6) is -0.500. The molecule has 1 heterocycles. The number of hydrogen-bond donors (Lipinski definition) is 1. The second-order valence-corrected chi connectivity index (χ2v) is 5.34. The molecule has 1 atom stereocenters. The Balaban J connectivity index is 1.80. The van der Waals surface area contributed by atoms with Crippen LogP contribution in [0.5, 0.6) is 0 Å². The lowest BCUT2D eigenvalue weighted by molar-refractivity contribution is -0.212. The molecule has 0 aromatic heterocycles. The number of alkyl halides is 3. The highest BCUT2D eigenvalue weighted by atomic mass is 19.4. The van der Waals surface area contributed by atoms with Gasteiger partial charge in [0.1, 0.15) is 0 Å². The van der Waals surface area contributed by atoms with E-state index in [2.05, 4.69) is 0 Å². The molecule has 4 nitrogen and oxygen atoms in total. The zero-order valence-corrected chi connectivity index (χ0v) is 10.9. The van der Waals surface area contributed by atoms with Gasteiger partial charge in [-0.3, -0.25) is 0 Å². The van der Waals surface area contributed by atoms with Crippen LogP contribution in [-0.4, -0.2) is 60.9 Å². The molecule has 2 aliphatic rings. The van der Waals surface area contributed by atoms with Gasteiger partial charge in [0.15, 0.2) is 11.9 Å².